The van der Waals surface area contributed by atoms with Crippen molar-refractivity contribution in [1.82, 2.24) is 9.88 Å². The Balaban J connectivity index is 1.68. The summed E-state index contributed by atoms with van der Waals surface area (Å²) in [6.07, 6.45) is 0.725. The monoisotopic (exact) mass is 372 g/mol. The quantitative estimate of drug-likeness (QED) is 0.674. The molecule has 0 fully saturated rings. The van der Waals surface area contributed by atoms with Crippen molar-refractivity contribution in [1.29, 1.82) is 0 Å². The molecule has 0 unspecified atom stereocenters. The van der Waals surface area contributed by atoms with E-state index in [9.17, 15) is 4.79 Å². The van der Waals surface area contributed by atoms with Gasteiger partial charge in [-0.1, -0.05) is 6.07 Å². The van der Waals surface area contributed by atoms with E-state index in [1.54, 1.807) is 25.6 Å². The van der Waals surface area contributed by atoms with Gasteiger partial charge in [0.05, 0.1) is 14.2 Å². The fourth-order valence-corrected chi connectivity index (χ4v) is 4.11. The molecule has 3 aromatic rings. The molecule has 0 saturated carbocycles. The summed E-state index contributed by atoms with van der Waals surface area (Å²) in [5.41, 5.74) is 1.80. The molecule has 1 aromatic carbocycles. The fraction of sp³-hybridized carbons (Fsp3) is 0.350. The van der Waals surface area contributed by atoms with Crippen LogP contribution in [0.2, 0.25) is 0 Å². The first-order chi connectivity index (χ1) is 12.5. The molecule has 138 valence electrons. The van der Waals surface area contributed by atoms with Crippen molar-refractivity contribution in [3.05, 3.63) is 47.0 Å². The number of carbonyl (C=O) groups is 1. The van der Waals surface area contributed by atoms with Gasteiger partial charge in [-0.05, 0) is 55.5 Å². The molecule has 0 atom stereocenters. The van der Waals surface area contributed by atoms with Gasteiger partial charge in [0.1, 0.15) is 10.5 Å². The maximum atomic E-state index is 12.7. The van der Waals surface area contributed by atoms with E-state index in [1.807, 2.05) is 24.3 Å². The predicted molar refractivity (Wildman–Crippen MR) is 106 cm³/mol. The van der Waals surface area contributed by atoms with Crippen molar-refractivity contribution >= 4 is 27.5 Å². The lowest BCUT2D eigenvalue weighted by atomic mass is 10.1. The van der Waals surface area contributed by atoms with Gasteiger partial charge in [-0.2, -0.15) is 0 Å². The maximum absolute atomic E-state index is 12.7. The van der Waals surface area contributed by atoms with Crippen LogP contribution in [0.15, 0.2) is 35.7 Å². The molecule has 0 radical (unpaired) electrons. The zero-order valence-electron chi connectivity index (χ0n) is 15.5. The summed E-state index contributed by atoms with van der Waals surface area (Å²) in [5, 5.41) is 6.21. The van der Waals surface area contributed by atoms with Crippen molar-refractivity contribution in [3.63, 3.8) is 0 Å². The van der Waals surface area contributed by atoms with Crippen LogP contribution in [0.4, 0.5) is 0 Å². The predicted octanol–water partition coefficient (Wildman–Crippen LogP) is 4.27. The van der Waals surface area contributed by atoms with E-state index in [0.717, 1.165) is 22.2 Å². The number of aromatic nitrogens is 1. The van der Waals surface area contributed by atoms with E-state index in [1.165, 1.54) is 0 Å². The van der Waals surface area contributed by atoms with Crippen LogP contribution in [-0.4, -0.2) is 31.2 Å². The summed E-state index contributed by atoms with van der Waals surface area (Å²) < 4.78 is 12.7. The van der Waals surface area contributed by atoms with Gasteiger partial charge in [-0.15, -0.1) is 11.3 Å². The van der Waals surface area contributed by atoms with Crippen LogP contribution < -0.4 is 14.8 Å². The summed E-state index contributed by atoms with van der Waals surface area (Å²) in [6.45, 7) is 4.75. The molecule has 5 nitrogen and oxygen atoms in total. The number of rotatable bonds is 7. The third-order valence-corrected chi connectivity index (χ3v) is 5.27. The normalized spacial score (nSPS) is 11.1. The van der Waals surface area contributed by atoms with Crippen LogP contribution in [0, 0.1) is 0 Å². The molecule has 26 heavy (non-hydrogen) atoms. The van der Waals surface area contributed by atoms with E-state index in [0.29, 0.717) is 23.7 Å². The largest absolute Gasteiger partial charge is 0.493 e. The second-order valence-corrected chi connectivity index (χ2v) is 7.26. The summed E-state index contributed by atoms with van der Waals surface area (Å²) in [7, 11) is 3.24. The van der Waals surface area contributed by atoms with Crippen molar-refractivity contribution < 1.29 is 14.3 Å². The molecular weight excluding hydrogens is 348 g/mol. The highest BCUT2D eigenvalue weighted by Gasteiger charge is 2.18. The Morgan fingerprint density at radius 1 is 1.15 bits per heavy atom. The second kappa shape index (κ2) is 7.83. The highest BCUT2D eigenvalue weighted by molar-refractivity contribution is 7.16. The van der Waals surface area contributed by atoms with Gasteiger partial charge < -0.3 is 19.4 Å². The molecule has 6 heteroatoms. The zero-order valence-corrected chi connectivity index (χ0v) is 16.4. The Morgan fingerprint density at radius 2 is 1.92 bits per heavy atom. The Bertz CT molecular complexity index is 911. The molecule has 1 amide bonds. The highest BCUT2D eigenvalue weighted by Crippen LogP contribution is 2.29. The molecule has 2 heterocycles. The number of nitrogens with zero attached hydrogens (tertiary/aromatic N) is 1. The molecule has 3 rings (SSSR count). The molecule has 2 aromatic heterocycles. The van der Waals surface area contributed by atoms with Crippen LogP contribution in [0.25, 0.3) is 10.2 Å². The molecule has 0 spiro atoms. The minimum absolute atomic E-state index is 0.0393. The highest BCUT2D eigenvalue weighted by atomic mass is 32.1. The number of carbonyl (C=O) groups excluding carboxylic acids is 1. The van der Waals surface area contributed by atoms with E-state index in [-0.39, 0.29) is 11.9 Å². The fourth-order valence-electron chi connectivity index (χ4n) is 3.08. The van der Waals surface area contributed by atoms with Crippen molar-refractivity contribution in [2.24, 2.45) is 0 Å². The topological polar surface area (TPSA) is 52.5 Å². The first-order valence-corrected chi connectivity index (χ1v) is 9.50. The van der Waals surface area contributed by atoms with Gasteiger partial charge in [0.2, 0.25) is 0 Å². The SMILES string of the molecule is COc1ccc(CCNC(=O)c2cc3ccsc3n2C(C)C)cc1OC. The summed E-state index contributed by atoms with van der Waals surface area (Å²) in [5.74, 6) is 1.36. The molecule has 0 saturated heterocycles. The summed E-state index contributed by atoms with van der Waals surface area (Å²) in [4.78, 5) is 13.8. The van der Waals surface area contributed by atoms with Crippen LogP contribution in [-0.2, 0) is 6.42 Å². The number of thiophene rings is 1. The number of nitrogens with one attached hydrogen (secondary N) is 1. The van der Waals surface area contributed by atoms with Gasteiger partial charge >= 0.3 is 0 Å². The molecule has 0 aliphatic carbocycles. The Morgan fingerprint density at radius 3 is 2.62 bits per heavy atom. The number of hydrogen-bond acceptors (Lipinski definition) is 4. The van der Waals surface area contributed by atoms with Gasteiger partial charge in [0.15, 0.2) is 11.5 Å². The number of ether oxygens (including phenoxy) is 2. The van der Waals surface area contributed by atoms with E-state index >= 15 is 0 Å². The van der Waals surface area contributed by atoms with Crippen molar-refractivity contribution in [2.75, 3.05) is 20.8 Å². The number of fused-ring (bicyclic) bond motifs is 1. The molecule has 0 aliphatic heterocycles. The van der Waals surface area contributed by atoms with Crippen molar-refractivity contribution in [3.8, 4) is 11.5 Å². The van der Waals surface area contributed by atoms with Gasteiger partial charge in [0.25, 0.3) is 5.91 Å². The smallest absolute Gasteiger partial charge is 0.267 e. The first kappa shape index (κ1) is 18.3. The number of methoxy groups -OCH3 is 2. The minimum Gasteiger partial charge on any atom is -0.493 e. The zero-order chi connectivity index (χ0) is 18.7. The second-order valence-electron chi connectivity index (χ2n) is 6.37. The lowest BCUT2D eigenvalue weighted by Gasteiger charge is -2.14. The number of benzene rings is 1. The van der Waals surface area contributed by atoms with Gasteiger partial charge in [0, 0.05) is 18.0 Å². The third kappa shape index (κ3) is 3.55. The van der Waals surface area contributed by atoms with Gasteiger partial charge in [-0.3, -0.25) is 4.79 Å². The Labute approximate surface area is 157 Å². The van der Waals surface area contributed by atoms with Crippen LogP contribution in [0.1, 0.15) is 35.9 Å². The van der Waals surface area contributed by atoms with Crippen LogP contribution >= 0.6 is 11.3 Å². The van der Waals surface area contributed by atoms with Crippen LogP contribution in [0.3, 0.4) is 0 Å². The summed E-state index contributed by atoms with van der Waals surface area (Å²) >= 11 is 1.67. The Kier molecular flexibility index (Phi) is 5.52. The molecule has 0 aliphatic rings. The molecular formula is C20H24N2O3S. The first-order valence-electron chi connectivity index (χ1n) is 8.62. The lowest BCUT2D eigenvalue weighted by molar-refractivity contribution is 0.0944. The number of hydrogen-bond donors (Lipinski definition) is 1. The summed E-state index contributed by atoms with van der Waals surface area (Å²) in [6, 6.07) is 10.1. The van der Waals surface area contributed by atoms with Crippen molar-refractivity contribution in [2.45, 2.75) is 26.3 Å². The maximum Gasteiger partial charge on any atom is 0.267 e. The molecule has 1 N–H and O–H groups in total. The van der Waals surface area contributed by atoms with Gasteiger partial charge in [-0.25, -0.2) is 0 Å². The van der Waals surface area contributed by atoms with Crippen LogP contribution in [0.5, 0.6) is 11.5 Å². The Hall–Kier alpha value is -2.47. The average Bonchev–Trinajstić information content (AvgIpc) is 3.21. The minimum atomic E-state index is -0.0393. The standard InChI is InChI=1S/C20H24N2O3S/c1-13(2)22-16(12-15-8-10-26-20(15)22)19(23)21-9-7-14-5-6-17(24-3)18(11-14)25-4/h5-6,8,10-13H,7,9H2,1-4H3,(H,21,23). The third-order valence-electron chi connectivity index (χ3n) is 4.34. The van der Waals surface area contributed by atoms with E-state index in [4.69, 9.17) is 9.47 Å². The number of amides is 1. The molecule has 0 bridgehead atoms. The lowest BCUT2D eigenvalue weighted by Crippen LogP contribution is -2.28. The van der Waals surface area contributed by atoms with E-state index in [2.05, 4.69) is 35.2 Å². The van der Waals surface area contributed by atoms with E-state index < -0.39 is 0 Å². The average molecular weight is 372 g/mol.